The Morgan fingerprint density at radius 3 is 1.75 bits per heavy atom. The Labute approximate surface area is 162 Å². The van der Waals surface area contributed by atoms with Crippen LogP contribution < -0.4 is 8.82 Å². The number of fused-ring (bicyclic) bond motifs is 1. The molecule has 7 nitrogen and oxygen atoms in total. The number of hydrogen-bond acceptors (Lipinski definition) is 6. The standard InChI is InChI=1S/C19H14N2O5S2/c22-19(14-6-2-1-3-7-14)20-15-10-12-16(13-11-15)21-27(23,24)17-8-4-5-9-18(17)28(21,25)26/h1-13H,(H,20,22)/p-1. The number of hydrogen-bond donors (Lipinski definition) is 0. The maximum Gasteiger partial charge on any atom is 0.279 e. The third-order valence-electron chi connectivity index (χ3n) is 4.15. The molecule has 0 radical (unpaired) electrons. The molecule has 1 heterocycles. The van der Waals surface area contributed by atoms with Gasteiger partial charge in [0.25, 0.3) is 20.0 Å². The molecule has 3 aromatic carbocycles. The van der Waals surface area contributed by atoms with Gasteiger partial charge < -0.3 is 5.11 Å². The highest BCUT2D eigenvalue weighted by molar-refractivity contribution is 8.12. The summed E-state index contributed by atoms with van der Waals surface area (Å²) < 4.78 is 51.3. The highest BCUT2D eigenvalue weighted by Crippen LogP contribution is 2.40. The molecule has 3 aromatic rings. The molecule has 28 heavy (non-hydrogen) atoms. The van der Waals surface area contributed by atoms with Crippen LogP contribution in [0.2, 0.25) is 0 Å². The van der Waals surface area contributed by atoms with Crippen molar-refractivity contribution in [2.75, 3.05) is 3.71 Å². The van der Waals surface area contributed by atoms with Crippen LogP contribution in [0.4, 0.5) is 11.4 Å². The predicted octanol–water partition coefficient (Wildman–Crippen LogP) is 2.02. The number of rotatable bonds is 3. The fraction of sp³-hybridized carbons (Fsp3) is 0. The summed E-state index contributed by atoms with van der Waals surface area (Å²) >= 11 is 0. The maximum atomic E-state index is 12.7. The molecular formula is C19H13N2O5S2-. The molecule has 0 N–H and O–H groups in total. The lowest BCUT2D eigenvalue weighted by Gasteiger charge is -2.16. The fourth-order valence-electron chi connectivity index (χ4n) is 2.87. The second-order valence-corrected chi connectivity index (χ2v) is 9.69. The number of anilines is 1. The van der Waals surface area contributed by atoms with Gasteiger partial charge in [0, 0.05) is 0 Å². The SMILES string of the molecule is O=S1(=O)c2ccccc2S(=O)(=O)N1c1ccc(N=C([O-])c2ccccc2)cc1. The molecule has 1 aliphatic heterocycles. The van der Waals surface area contributed by atoms with Crippen molar-refractivity contribution in [1.29, 1.82) is 0 Å². The van der Waals surface area contributed by atoms with Crippen LogP contribution in [0.25, 0.3) is 0 Å². The minimum Gasteiger partial charge on any atom is -0.858 e. The predicted molar refractivity (Wildman–Crippen MR) is 102 cm³/mol. The third-order valence-corrected chi connectivity index (χ3v) is 8.58. The summed E-state index contributed by atoms with van der Waals surface area (Å²) in [6, 6.07) is 19.3. The first-order chi connectivity index (χ1) is 13.3. The summed E-state index contributed by atoms with van der Waals surface area (Å²) in [6.07, 6.45) is 0. The molecule has 0 saturated heterocycles. The van der Waals surface area contributed by atoms with Crippen molar-refractivity contribution in [3.8, 4) is 0 Å². The fourth-order valence-corrected chi connectivity index (χ4v) is 7.32. The van der Waals surface area contributed by atoms with E-state index in [4.69, 9.17) is 0 Å². The topological polar surface area (TPSA) is 107 Å². The first-order valence-electron chi connectivity index (χ1n) is 8.12. The van der Waals surface area contributed by atoms with E-state index in [0.717, 1.165) is 0 Å². The minimum absolute atomic E-state index is 0.0534. The van der Waals surface area contributed by atoms with Gasteiger partial charge in [0.1, 0.15) is 9.79 Å². The normalized spacial score (nSPS) is 17.3. The zero-order chi connectivity index (χ0) is 19.9. The van der Waals surface area contributed by atoms with Crippen molar-refractivity contribution in [3.63, 3.8) is 0 Å². The van der Waals surface area contributed by atoms with Gasteiger partial charge in [0.15, 0.2) is 0 Å². The molecule has 0 spiro atoms. The number of benzene rings is 3. The molecule has 0 bridgehead atoms. The Morgan fingerprint density at radius 2 is 1.21 bits per heavy atom. The van der Waals surface area contributed by atoms with Crippen molar-refractivity contribution >= 4 is 37.3 Å². The van der Waals surface area contributed by atoms with E-state index in [1.54, 1.807) is 30.3 Å². The van der Waals surface area contributed by atoms with Gasteiger partial charge >= 0.3 is 0 Å². The third kappa shape index (κ3) is 2.85. The number of sulfonamides is 2. The molecule has 0 unspecified atom stereocenters. The van der Waals surface area contributed by atoms with E-state index >= 15 is 0 Å². The Kier molecular flexibility index (Phi) is 4.20. The molecule has 0 atom stereocenters. The van der Waals surface area contributed by atoms with Crippen molar-refractivity contribution in [2.24, 2.45) is 4.99 Å². The molecule has 4 rings (SSSR count). The van der Waals surface area contributed by atoms with Crippen LogP contribution in [-0.4, -0.2) is 22.7 Å². The first kappa shape index (κ1) is 18.2. The molecular weight excluding hydrogens is 400 g/mol. The van der Waals surface area contributed by atoms with Crippen molar-refractivity contribution in [3.05, 3.63) is 84.4 Å². The maximum absolute atomic E-state index is 12.7. The highest BCUT2D eigenvalue weighted by Gasteiger charge is 2.47. The minimum atomic E-state index is -4.24. The number of aliphatic imine (C=N–C) groups is 1. The molecule has 0 fully saturated rings. The van der Waals surface area contributed by atoms with Gasteiger partial charge in [-0.2, -0.15) is 20.5 Å². The van der Waals surface area contributed by atoms with Gasteiger partial charge in [0.05, 0.1) is 11.4 Å². The second kappa shape index (κ2) is 6.47. The van der Waals surface area contributed by atoms with E-state index < -0.39 is 25.9 Å². The lowest BCUT2D eigenvalue weighted by molar-refractivity contribution is -0.212. The zero-order valence-electron chi connectivity index (χ0n) is 14.3. The summed E-state index contributed by atoms with van der Waals surface area (Å²) in [5, 5.41) is 12.1. The van der Waals surface area contributed by atoms with Crippen LogP contribution in [0.1, 0.15) is 5.56 Å². The average molecular weight is 413 g/mol. The van der Waals surface area contributed by atoms with Gasteiger partial charge in [-0.15, -0.1) is 0 Å². The molecule has 142 valence electrons. The lowest BCUT2D eigenvalue weighted by atomic mass is 10.2. The zero-order valence-corrected chi connectivity index (χ0v) is 15.9. The van der Waals surface area contributed by atoms with Crippen molar-refractivity contribution in [2.45, 2.75) is 9.79 Å². The molecule has 0 aliphatic carbocycles. The summed E-state index contributed by atoms with van der Waals surface area (Å²) in [5.74, 6) is -0.456. The smallest absolute Gasteiger partial charge is 0.279 e. The summed E-state index contributed by atoms with van der Waals surface area (Å²) in [5.41, 5.74) is 0.637. The van der Waals surface area contributed by atoms with Gasteiger partial charge in [-0.3, -0.25) is 4.99 Å². The first-order valence-corrected chi connectivity index (χ1v) is 11.0. The molecule has 1 aliphatic rings. The Balaban J connectivity index is 1.72. The Hall–Kier alpha value is -3.17. The molecule has 0 saturated carbocycles. The molecule has 0 aromatic heterocycles. The summed E-state index contributed by atoms with van der Waals surface area (Å²) in [7, 11) is -8.48. The summed E-state index contributed by atoms with van der Waals surface area (Å²) in [6.45, 7) is 0. The van der Waals surface area contributed by atoms with Crippen LogP contribution in [-0.2, 0) is 20.0 Å². The van der Waals surface area contributed by atoms with Crippen LogP contribution >= 0.6 is 0 Å². The molecule has 9 heteroatoms. The second-order valence-electron chi connectivity index (χ2n) is 5.95. The van der Waals surface area contributed by atoms with E-state index in [-0.39, 0.29) is 21.2 Å². The van der Waals surface area contributed by atoms with E-state index in [0.29, 0.717) is 9.27 Å². The van der Waals surface area contributed by atoms with Crippen LogP contribution in [0.5, 0.6) is 0 Å². The Bertz CT molecular complexity index is 1230. The van der Waals surface area contributed by atoms with E-state index in [1.807, 2.05) is 0 Å². The molecule has 0 amide bonds. The van der Waals surface area contributed by atoms with Gasteiger partial charge in [0.2, 0.25) is 0 Å². The largest absolute Gasteiger partial charge is 0.858 e. The quantitative estimate of drug-likeness (QED) is 0.482. The van der Waals surface area contributed by atoms with Crippen molar-refractivity contribution in [1.82, 2.24) is 0 Å². The van der Waals surface area contributed by atoms with Crippen LogP contribution in [0, 0.1) is 0 Å². The van der Waals surface area contributed by atoms with Gasteiger partial charge in [-0.05, 0) is 47.9 Å². The van der Waals surface area contributed by atoms with E-state index in [1.165, 1.54) is 48.5 Å². The van der Waals surface area contributed by atoms with Gasteiger partial charge in [-0.1, -0.05) is 42.5 Å². The monoisotopic (exact) mass is 413 g/mol. The Morgan fingerprint density at radius 1 is 0.714 bits per heavy atom. The highest BCUT2D eigenvalue weighted by atomic mass is 32.3. The van der Waals surface area contributed by atoms with Crippen LogP contribution in [0.15, 0.2) is 93.6 Å². The number of nitrogens with zero attached hydrogens (tertiary/aromatic N) is 2. The lowest BCUT2D eigenvalue weighted by Crippen LogP contribution is -2.29. The average Bonchev–Trinajstić information content (AvgIpc) is 2.85. The van der Waals surface area contributed by atoms with E-state index in [2.05, 4.69) is 4.99 Å². The van der Waals surface area contributed by atoms with Crippen molar-refractivity contribution < 1.29 is 21.9 Å². The summed E-state index contributed by atoms with van der Waals surface area (Å²) in [4.78, 5) is 3.43. The van der Waals surface area contributed by atoms with Crippen LogP contribution in [0.3, 0.4) is 0 Å². The van der Waals surface area contributed by atoms with E-state index in [9.17, 15) is 21.9 Å². The van der Waals surface area contributed by atoms with Gasteiger partial charge in [-0.25, -0.2) is 0 Å².